The van der Waals surface area contributed by atoms with Gasteiger partial charge >= 0.3 is 0 Å². The van der Waals surface area contributed by atoms with Crippen molar-refractivity contribution in [2.75, 3.05) is 5.73 Å². The highest BCUT2D eigenvalue weighted by molar-refractivity contribution is 7.19. The molecule has 0 unspecified atom stereocenters. The minimum atomic E-state index is -0.269. The van der Waals surface area contributed by atoms with Crippen LogP contribution < -0.4 is 5.73 Å². The summed E-state index contributed by atoms with van der Waals surface area (Å²) in [4.78, 5) is 0.686. The van der Waals surface area contributed by atoms with Gasteiger partial charge in [0.05, 0.1) is 0 Å². The molecule has 0 spiro atoms. The van der Waals surface area contributed by atoms with Gasteiger partial charge in [-0.05, 0) is 48.5 Å². The fourth-order valence-corrected chi connectivity index (χ4v) is 2.98. The number of anilines is 1. The Balaban J connectivity index is 1.82. The van der Waals surface area contributed by atoms with Gasteiger partial charge in [-0.15, -0.1) is 10.2 Å². The number of benzene rings is 2. The van der Waals surface area contributed by atoms with Gasteiger partial charge in [0.2, 0.25) is 4.96 Å². The summed E-state index contributed by atoms with van der Waals surface area (Å²) < 4.78 is 14.7. The number of nitrogens with two attached hydrogens (primary N) is 1. The van der Waals surface area contributed by atoms with Crippen molar-refractivity contribution in [3.05, 3.63) is 54.3 Å². The van der Waals surface area contributed by atoms with Crippen molar-refractivity contribution < 1.29 is 4.39 Å². The van der Waals surface area contributed by atoms with E-state index in [2.05, 4.69) is 15.3 Å². The Morgan fingerprint density at radius 2 is 1.59 bits per heavy atom. The summed E-state index contributed by atoms with van der Waals surface area (Å²) >= 11 is 1.41. The molecule has 0 saturated carbocycles. The van der Waals surface area contributed by atoms with E-state index >= 15 is 0 Å². The molecule has 2 aromatic carbocycles. The average Bonchev–Trinajstić information content (AvgIpc) is 3.09. The summed E-state index contributed by atoms with van der Waals surface area (Å²) in [5, 5.41) is 13.6. The molecule has 7 heteroatoms. The van der Waals surface area contributed by atoms with Crippen molar-refractivity contribution in [3.63, 3.8) is 0 Å². The second-order valence-corrected chi connectivity index (χ2v) is 5.71. The highest BCUT2D eigenvalue weighted by Gasteiger charge is 2.14. The molecule has 0 fully saturated rings. The van der Waals surface area contributed by atoms with Gasteiger partial charge in [0.1, 0.15) is 10.8 Å². The molecule has 0 saturated heterocycles. The van der Waals surface area contributed by atoms with E-state index in [9.17, 15) is 4.39 Å². The maximum atomic E-state index is 13.0. The second kappa shape index (κ2) is 4.88. The molecule has 5 nitrogen and oxygen atoms in total. The van der Waals surface area contributed by atoms with E-state index in [0.29, 0.717) is 16.5 Å². The van der Waals surface area contributed by atoms with Crippen molar-refractivity contribution in [2.45, 2.75) is 0 Å². The summed E-state index contributed by atoms with van der Waals surface area (Å²) in [6.45, 7) is 0. The van der Waals surface area contributed by atoms with E-state index in [1.807, 2.05) is 24.3 Å². The van der Waals surface area contributed by atoms with Gasteiger partial charge < -0.3 is 5.73 Å². The fraction of sp³-hybridized carbons (Fsp3) is 0. The van der Waals surface area contributed by atoms with E-state index < -0.39 is 0 Å². The van der Waals surface area contributed by atoms with Gasteiger partial charge in [-0.3, -0.25) is 0 Å². The normalized spacial score (nSPS) is 11.1. The van der Waals surface area contributed by atoms with E-state index in [-0.39, 0.29) is 5.82 Å². The first-order valence-electron chi connectivity index (χ1n) is 6.55. The molecule has 0 bridgehead atoms. The molecule has 2 N–H and O–H groups in total. The Labute approximate surface area is 128 Å². The molecule has 2 aromatic heterocycles. The number of fused-ring (bicyclic) bond motifs is 1. The molecule has 4 rings (SSSR count). The Kier molecular flexibility index (Phi) is 2.87. The number of nitrogens with zero attached hydrogens (tertiary/aromatic N) is 4. The van der Waals surface area contributed by atoms with Crippen molar-refractivity contribution in [3.8, 4) is 22.0 Å². The monoisotopic (exact) mass is 311 g/mol. The summed E-state index contributed by atoms with van der Waals surface area (Å²) in [6.07, 6.45) is 0. The highest BCUT2D eigenvalue weighted by atomic mass is 32.1. The van der Waals surface area contributed by atoms with Crippen LogP contribution in [0.15, 0.2) is 48.5 Å². The van der Waals surface area contributed by atoms with E-state index in [1.165, 1.54) is 23.5 Å². The predicted molar refractivity (Wildman–Crippen MR) is 83.9 cm³/mol. The number of aromatic nitrogens is 4. The largest absolute Gasteiger partial charge is 0.399 e. The average molecular weight is 311 g/mol. The molecule has 0 aliphatic carbocycles. The van der Waals surface area contributed by atoms with Crippen molar-refractivity contribution in [2.24, 2.45) is 0 Å². The minimum absolute atomic E-state index is 0.269. The van der Waals surface area contributed by atoms with Gasteiger partial charge in [-0.1, -0.05) is 11.3 Å². The van der Waals surface area contributed by atoms with Crippen LogP contribution in [0.4, 0.5) is 10.1 Å². The Bertz CT molecular complexity index is 940. The zero-order valence-corrected chi connectivity index (χ0v) is 12.1. The van der Waals surface area contributed by atoms with Gasteiger partial charge in [0.25, 0.3) is 0 Å². The van der Waals surface area contributed by atoms with Crippen LogP contribution in [0.5, 0.6) is 0 Å². The number of hydrogen-bond donors (Lipinski definition) is 1. The number of nitrogen functional groups attached to an aromatic ring is 1. The van der Waals surface area contributed by atoms with Gasteiger partial charge in [0.15, 0.2) is 5.82 Å². The van der Waals surface area contributed by atoms with Crippen molar-refractivity contribution >= 4 is 22.0 Å². The Morgan fingerprint density at radius 1 is 0.909 bits per heavy atom. The molecule has 0 aliphatic heterocycles. The van der Waals surface area contributed by atoms with Crippen LogP contribution in [-0.4, -0.2) is 19.8 Å². The fourth-order valence-electron chi connectivity index (χ4n) is 2.14. The van der Waals surface area contributed by atoms with E-state index in [0.717, 1.165) is 16.1 Å². The van der Waals surface area contributed by atoms with E-state index in [4.69, 9.17) is 5.73 Å². The van der Waals surface area contributed by atoms with Crippen LogP contribution in [-0.2, 0) is 0 Å². The summed E-state index contributed by atoms with van der Waals surface area (Å²) in [5.41, 5.74) is 8.12. The lowest BCUT2D eigenvalue weighted by molar-refractivity contribution is 0.628. The lowest BCUT2D eigenvalue weighted by Gasteiger charge is -1.98. The summed E-state index contributed by atoms with van der Waals surface area (Å²) in [7, 11) is 0. The molecule has 108 valence electrons. The molecule has 0 amide bonds. The van der Waals surface area contributed by atoms with Crippen LogP contribution in [0.3, 0.4) is 0 Å². The lowest BCUT2D eigenvalue weighted by atomic mass is 10.2. The Hall–Kier alpha value is -2.80. The molecule has 0 radical (unpaired) electrons. The third kappa shape index (κ3) is 2.11. The first-order chi connectivity index (χ1) is 10.7. The van der Waals surface area contributed by atoms with Gasteiger partial charge in [0, 0.05) is 16.8 Å². The quantitative estimate of drug-likeness (QED) is 0.577. The molecular formula is C15H10FN5S. The first-order valence-corrected chi connectivity index (χ1v) is 7.36. The zero-order valence-electron chi connectivity index (χ0n) is 11.3. The third-order valence-electron chi connectivity index (χ3n) is 3.25. The summed E-state index contributed by atoms with van der Waals surface area (Å²) in [5.74, 6) is 0.383. The van der Waals surface area contributed by atoms with E-state index in [1.54, 1.807) is 16.6 Å². The highest BCUT2D eigenvalue weighted by Crippen LogP contribution is 2.28. The topological polar surface area (TPSA) is 69.1 Å². The van der Waals surface area contributed by atoms with Crippen molar-refractivity contribution in [1.82, 2.24) is 19.8 Å². The lowest BCUT2D eigenvalue weighted by Crippen LogP contribution is -1.91. The maximum Gasteiger partial charge on any atom is 0.235 e. The standard InChI is InChI=1S/C15H10FN5S/c16-11-5-1-10(2-6-11)14-20-21-13(18-19-15(21)22-14)9-3-7-12(17)8-4-9/h1-8H,17H2. The molecule has 0 atom stereocenters. The zero-order chi connectivity index (χ0) is 15.1. The van der Waals surface area contributed by atoms with Crippen LogP contribution in [0, 0.1) is 5.82 Å². The predicted octanol–water partition coefficient (Wildman–Crippen LogP) is 3.24. The molecule has 0 aliphatic rings. The number of halogens is 1. The second-order valence-electron chi connectivity index (χ2n) is 4.75. The van der Waals surface area contributed by atoms with Crippen molar-refractivity contribution in [1.29, 1.82) is 0 Å². The Morgan fingerprint density at radius 3 is 2.32 bits per heavy atom. The van der Waals surface area contributed by atoms with Gasteiger partial charge in [-0.25, -0.2) is 4.39 Å². The smallest absolute Gasteiger partial charge is 0.235 e. The van der Waals surface area contributed by atoms with Crippen LogP contribution in [0.1, 0.15) is 0 Å². The first kappa shape index (κ1) is 12.9. The molecular weight excluding hydrogens is 301 g/mol. The van der Waals surface area contributed by atoms with Crippen LogP contribution in [0.25, 0.3) is 26.9 Å². The number of rotatable bonds is 2. The van der Waals surface area contributed by atoms with Crippen LogP contribution >= 0.6 is 11.3 Å². The number of hydrogen-bond acceptors (Lipinski definition) is 5. The SMILES string of the molecule is Nc1ccc(-c2nnc3sc(-c4ccc(F)cc4)nn23)cc1. The molecule has 2 heterocycles. The van der Waals surface area contributed by atoms with Crippen LogP contribution in [0.2, 0.25) is 0 Å². The summed E-state index contributed by atoms with van der Waals surface area (Å²) in [6, 6.07) is 13.6. The molecule has 4 aromatic rings. The van der Waals surface area contributed by atoms with Gasteiger partial charge in [-0.2, -0.15) is 9.61 Å². The third-order valence-corrected chi connectivity index (χ3v) is 4.20. The maximum absolute atomic E-state index is 13.0. The minimum Gasteiger partial charge on any atom is -0.399 e. The molecule has 22 heavy (non-hydrogen) atoms.